The van der Waals surface area contributed by atoms with Gasteiger partial charge in [-0.25, -0.2) is 0 Å². The molecule has 1 nitrogen and oxygen atoms in total. The van der Waals surface area contributed by atoms with Crippen LogP contribution < -0.4 is 3.88 Å². The first-order chi connectivity index (χ1) is 2.50. The topological polar surface area (TPSA) is 12.0 Å². The van der Waals surface area contributed by atoms with Gasteiger partial charge in [0.25, 0.3) is 0 Å². The molecule has 2 heteroatoms. The van der Waals surface area contributed by atoms with E-state index in [0.29, 0.717) is 18.8 Å². The van der Waals surface area contributed by atoms with Gasteiger partial charge < -0.3 is 0 Å². The van der Waals surface area contributed by atoms with Crippen LogP contribution in [0.5, 0.6) is 0 Å². The second kappa shape index (κ2) is 1.94. The summed E-state index contributed by atoms with van der Waals surface area (Å²) < 4.78 is 3.33. The molecule has 0 aromatic rings. The van der Waals surface area contributed by atoms with Crippen molar-refractivity contribution in [2.24, 2.45) is 0 Å². The zero-order chi connectivity index (χ0) is 3.54. The maximum absolute atomic E-state index is 3.33. The Morgan fingerprint density at radius 2 is 2.60 bits per heavy atom. The van der Waals surface area contributed by atoms with Gasteiger partial charge in [0.2, 0.25) is 0 Å². The van der Waals surface area contributed by atoms with Crippen LogP contribution in [0.15, 0.2) is 0 Å². The summed E-state index contributed by atoms with van der Waals surface area (Å²) >= 11 is 0.485. The van der Waals surface area contributed by atoms with Crippen molar-refractivity contribution in [2.75, 3.05) is 6.54 Å². The Hall–Kier alpha value is 0.648. The average Bonchev–Trinajstić information content (AvgIpc) is 1.76. The van der Waals surface area contributed by atoms with E-state index < -0.39 is 0 Å². The summed E-state index contributed by atoms with van der Waals surface area (Å²) in [4.78, 5) is 1.50. The van der Waals surface area contributed by atoms with Crippen LogP contribution in [-0.2, 0) is 18.8 Å². The third-order valence-corrected chi connectivity index (χ3v) is 3.03. The van der Waals surface area contributed by atoms with Crippen LogP contribution >= 0.6 is 0 Å². The monoisotopic (exact) mass is 252 g/mol. The Morgan fingerprint density at radius 1 is 1.60 bits per heavy atom. The normalized spacial score (nSPS) is 25.6. The van der Waals surface area contributed by atoms with Crippen molar-refractivity contribution < 1.29 is 18.8 Å². The van der Waals surface area contributed by atoms with E-state index in [1.54, 1.807) is 0 Å². The molecule has 1 fully saturated rings. The van der Waals surface area contributed by atoms with Gasteiger partial charge in [-0.1, -0.05) is 0 Å². The van der Waals surface area contributed by atoms with Gasteiger partial charge in [-0.2, -0.15) is 0 Å². The zero-order valence-electron chi connectivity index (χ0n) is 2.94. The molecule has 0 radical (unpaired) electrons. The van der Waals surface area contributed by atoms with E-state index in [9.17, 15) is 0 Å². The van der Waals surface area contributed by atoms with E-state index in [0.717, 1.165) is 0 Å². The molecular weight excluding hydrogens is 245 g/mol. The molecule has 1 N–H and O–H groups in total. The third-order valence-electron chi connectivity index (χ3n) is 0.526. The summed E-state index contributed by atoms with van der Waals surface area (Å²) in [5.41, 5.74) is 0. The van der Waals surface area contributed by atoms with Crippen molar-refractivity contribution in [3.63, 3.8) is 0 Å². The maximum atomic E-state index is 3.33. The molecule has 5 heavy (non-hydrogen) atoms. The fourth-order valence-corrected chi connectivity index (χ4v) is 2.29. The molecule has 0 unspecified atom stereocenters. The first-order valence-electron chi connectivity index (χ1n) is 1.74. The summed E-state index contributed by atoms with van der Waals surface area (Å²) in [6.07, 6.45) is 1.44. The van der Waals surface area contributed by atoms with Gasteiger partial charge in [-0.15, -0.1) is 0 Å². The molecule has 0 bridgehead atoms. The van der Waals surface area contributed by atoms with Gasteiger partial charge >= 0.3 is 40.5 Å². The molecule has 0 aromatic heterocycles. The van der Waals surface area contributed by atoms with E-state index in [-0.39, 0.29) is 0 Å². The molecule has 0 saturated carbocycles. The van der Waals surface area contributed by atoms with Gasteiger partial charge in [-0.3, -0.25) is 0 Å². The van der Waals surface area contributed by atoms with Crippen LogP contribution in [0.4, 0.5) is 0 Å². The van der Waals surface area contributed by atoms with Crippen LogP contribution in [0.1, 0.15) is 6.42 Å². The Balaban J connectivity index is 2.08. The first kappa shape index (κ1) is 3.83. The molecule has 0 atom stereocenters. The number of nitrogens with one attached hydrogen (secondary N) is 1. The number of hydrogen-bond donors (Lipinski definition) is 1. The van der Waals surface area contributed by atoms with Gasteiger partial charge in [0.05, 0.1) is 0 Å². The molecule has 0 amide bonds. The summed E-state index contributed by atoms with van der Waals surface area (Å²) in [5.74, 6) is 0. The fourth-order valence-electron chi connectivity index (χ4n) is 0.280. The quantitative estimate of drug-likeness (QED) is 0.658. The van der Waals surface area contributed by atoms with Crippen LogP contribution in [0.3, 0.4) is 0 Å². The summed E-state index contributed by atoms with van der Waals surface area (Å²) in [6.45, 7) is 1.30. The van der Waals surface area contributed by atoms with Crippen LogP contribution in [0.25, 0.3) is 0 Å². The molecule has 34 valence electrons. The fraction of sp³-hybridized carbons (Fsp3) is 1.00. The molecule has 1 aliphatic rings. The van der Waals surface area contributed by atoms with Crippen molar-refractivity contribution in [3.05, 3.63) is 0 Å². The molecule has 0 spiro atoms. The number of rotatable bonds is 0. The molecular formula is C3H7NPt. The van der Waals surface area contributed by atoms with E-state index >= 15 is 0 Å². The van der Waals surface area contributed by atoms with Gasteiger partial charge in [-0.05, 0) is 0 Å². The Bertz CT molecular complexity index is 18.5. The Morgan fingerprint density at radius 3 is 2.80 bits per heavy atom. The Labute approximate surface area is 41.0 Å². The standard InChI is InChI=1S/C3H7N.Pt/c1-2-3-4;/h4H,1-3H2;/q-1;+1. The van der Waals surface area contributed by atoms with E-state index in [4.69, 9.17) is 0 Å². The first-order valence-corrected chi connectivity index (χ1v) is 4.48. The third kappa shape index (κ3) is 1.02. The van der Waals surface area contributed by atoms with Crippen molar-refractivity contribution >= 4 is 0 Å². The van der Waals surface area contributed by atoms with Gasteiger partial charge in [0.1, 0.15) is 0 Å². The van der Waals surface area contributed by atoms with Gasteiger partial charge in [0.15, 0.2) is 0 Å². The van der Waals surface area contributed by atoms with Crippen LogP contribution in [0, 0.1) is 0 Å². The summed E-state index contributed by atoms with van der Waals surface area (Å²) in [6, 6.07) is 0. The van der Waals surface area contributed by atoms with E-state index in [2.05, 4.69) is 3.88 Å². The molecule has 0 aromatic carbocycles. The van der Waals surface area contributed by atoms with Gasteiger partial charge in [0, 0.05) is 0 Å². The van der Waals surface area contributed by atoms with Crippen LogP contribution in [-0.4, -0.2) is 6.54 Å². The van der Waals surface area contributed by atoms with E-state index in [1.165, 1.54) is 17.8 Å². The number of hydrogen-bond acceptors (Lipinski definition) is 1. The molecule has 1 saturated heterocycles. The zero-order valence-corrected chi connectivity index (χ0v) is 5.21. The van der Waals surface area contributed by atoms with Crippen molar-refractivity contribution in [2.45, 2.75) is 11.2 Å². The molecule has 1 heterocycles. The molecule has 1 rings (SSSR count). The van der Waals surface area contributed by atoms with Crippen molar-refractivity contribution in [1.29, 1.82) is 0 Å². The Kier molecular flexibility index (Phi) is 1.48. The second-order valence-corrected chi connectivity index (χ2v) is 3.73. The van der Waals surface area contributed by atoms with Crippen molar-refractivity contribution in [3.8, 4) is 0 Å². The predicted octanol–water partition coefficient (Wildman–Crippen LogP) is 0.396. The second-order valence-electron chi connectivity index (χ2n) is 0.985. The SMILES string of the molecule is C1C[NH][Pt][CH2]1. The molecule has 1 aliphatic heterocycles. The van der Waals surface area contributed by atoms with Crippen molar-refractivity contribution in [1.82, 2.24) is 3.88 Å². The average molecular weight is 252 g/mol. The predicted molar refractivity (Wildman–Crippen MR) is 17.4 cm³/mol. The van der Waals surface area contributed by atoms with Crippen LogP contribution in [0.2, 0.25) is 4.81 Å². The summed E-state index contributed by atoms with van der Waals surface area (Å²) in [7, 11) is 0. The summed E-state index contributed by atoms with van der Waals surface area (Å²) in [5, 5.41) is 0. The molecule has 0 aliphatic carbocycles. The van der Waals surface area contributed by atoms with E-state index in [1.807, 2.05) is 0 Å². The minimum atomic E-state index is 0.485. The minimum absolute atomic E-state index is 0.485.